The average molecular weight is 310 g/mol. The molecule has 0 spiro atoms. The molecule has 0 amide bonds. The molecule has 22 heavy (non-hydrogen) atoms. The zero-order valence-corrected chi connectivity index (χ0v) is 12.7. The van der Waals surface area contributed by atoms with Crippen LogP contribution in [0.5, 0.6) is 0 Å². The van der Waals surface area contributed by atoms with Gasteiger partial charge in [0.2, 0.25) is 0 Å². The normalized spacial score (nSPS) is 12.9. The molecule has 2 atom stereocenters. The lowest BCUT2D eigenvalue weighted by Gasteiger charge is -2.06. The van der Waals surface area contributed by atoms with Crippen LogP contribution in [0.1, 0.15) is 37.3 Å². The van der Waals surface area contributed by atoms with Gasteiger partial charge in [0.25, 0.3) is 0 Å². The number of rotatable bonds is 4. The molecule has 0 saturated carbocycles. The fraction of sp³-hybridized carbons (Fsp3) is 0.500. The van der Waals surface area contributed by atoms with Crippen LogP contribution in [0.4, 0.5) is 0 Å². The number of hydrogen-bond donors (Lipinski definition) is 2. The van der Waals surface area contributed by atoms with Gasteiger partial charge in [-0.25, -0.2) is 19.0 Å². The summed E-state index contributed by atoms with van der Waals surface area (Å²) in [6, 6.07) is -1.28. The Labute approximate surface area is 126 Å². The topological polar surface area (TPSA) is 136 Å². The molecule has 0 radical (unpaired) electrons. The summed E-state index contributed by atoms with van der Waals surface area (Å²) in [5.74, 6) is -1.81. The van der Waals surface area contributed by atoms with E-state index in [9.17, 15) is 9.59 Å². The van der Waals surface area contributed by atoms with Crippen LogP contribution in [-0.2, 0) is 9.59 Å². The molecule has 120 valence electrons. The van der Waals surface area contributed by atoms with Crippen molar-refractivity contribution in [3.05, 3.63) is 23.8 Å². The van der Waals surface area contributed by atoms with Crippen molar-refractivity contribution in [3.8, 4) is 0 Å². The maximum absolute atomic E-state index is 10.5. The Balaban J connectivity index is 0.000000220. The molecule has 0 bridgehead atoms. The van der Waals surface area contributed by atoms with Crippen molar-refractivity contribution in [2.75, 3.05) is 0 Å². The van der Waals surface area contributed by atoms with Crippen LogP contribution in [0.25, 0.3) is 0 Å². The number of aromatic nitrogens is 6. The largest absolute Gasteiger partial charge is 0.480 e. The molecule has 0 fully saturated rings. The van der Waals surface area contributed by atoms with E-state index in [2.05, 4.69) is 20.6 Å². The Morgan fingerprint density at radius 1 is 1.09 bits per heavy atom. The summed E-state index contributed by atoms with van der Waals surface area (Å²) < 4.78 is 2.68. The van der Waals surface area contributed by atoms with Gasteiger partial charge in [-0.1, -0.05) is 10.4 Å². The highest BCUT2D eigenvalue weighted by molar-refractivity contribution is 5.71. The molecule has 2 aromatic rings. The van der Waals surface area contributed by atoms with Crippen molar-refractivity contribution in [2.45, 2.75) is 39.8 Å². The summed E-state index contributed by atoms with van der Waals surface area (Å²) in [7, 11) is 0. The molecule has 10 heteroatoms. The third-order valence-electron chi connectivity index (χ3n) is 2.86. The molecule has 0 saturated heterocycles. The van der Waals surface area contributed by atoms with E-state index in [0.717, 1.165) is 11.4 Å². The van der Waals surface area contributed by atoms with Crippen LogP contribution in [0.3, 0.4) is 0 Å². The van der Waals surface area contributed by atoms with Gasteiger partial charge in [0.15, 0.2) is 0 Å². The highest BCUT2D eigenvalue weighted by Gasteiger charge is 2.15. The molecule has 0 aliphatic heterocycles. The second-order valence-electron chi connectivity index (χ2n) is 4.69. The quantitative estimate of drug-likeness (QED) is 0.831. The minimum Gasteiger partial charge on any atom is -0.480 e. The first-order valence-electron chi connectivity index (χ1n) is 6.44. The van der Waals surface area contributed by atoms with Gasteiger partial charge >= 0.3 is 11.9 Å². The van der Waals surface area contributed by atoms with Crippen molar-refractivity contribution in [2.24, 2.45) is 0 Å². The Bertz CT molecular complexity index is 650. The summed E-state index contributed by atoms with van der Waals surface area (Å²) in [6.07, 6.45) is 3.12. The van der Waals surface area contributed by atoms with Gasteiger partial charge in [-0.15, -0.1) is 10.2 Å². The van der Waals surface area contributed by atoms with E-state index in [-0.39, 0.29) is 0 Å². The lowest BCUT2D eigenvalue weighted by molar-refractivity contribution is -0.141. The van der Waals surface area contributed by atoms with E-state index in [1.807, 2.05) is 0 Å². The van der Waals surface area contributed by atoms with Crippen LogP contribution in [0, 0.1) is 13.8 Å². The summed E-state index contributed by atoms with van der Waals surface area (Å²) in [6.45, 7) is 6.64. The maximum atomic E-state index is 10.5. The Morgan fingerprint density at radius 2 is 1.68 bits per heavy atom. The minimum absolute atomic E-state index is 0.641. The SMILES string of the molecule is Cc1cn(C(C)C(=O)O)nn1.Cc1cnnn1C(C)C(=O)O. The number of carboxylic acids is 2. The molecule has 10 nitrogen and oxygen atoms in total. The minimum atomic E-state index is -0.908. The maximum Gasteiger partial charge on any atom is 0.328 e. The molecule has 0 aliphatic rings. The first-order valence-corrected chi connectivity index (χ1v) is 6.44. The number of carbonyl (C=O) groups is 2. The highest BCUT2D eigenvalue weighted by Crippen LogP contribution is 2.05. The zero-order chi connectivity index (χ0) is 16.9. The van der Waals surface area contributed by atoms with Crippen molar-refractivity contribution in [1.82, 2.24) is 30.0 Å². The van der Waals surface area contributed by atoms with E-state index >= 15 is 0 Å². The van der Waals surface area contributed by atoms with Gasteiger partial charge in [0, 0.05) is 6.20 Å². The predicted molar refractivity (Wildman–Crippen MR) is 74.2 cm³/mol. The van der Waals surface area contributed by atoms with Gasteiger partial charge in [-0.3, -0.25) is 0 Å². The van der Waals surface area contributed by atoms with Gasteiger partial charge in [-0.2, -0.15) is 0 Å². The Hall–Kier alpha value is -2.78. The second kappa shape index (κ2) is 7.29. The number of aliphatic carboxylic acids is 2. The van der Waals surface area contributed by atoms with Crippen LogP contribution in [0.2, 0.25) is 0 Å². The molecular weight excluding hydrogens is 292 g/mol. The Kier molecular flexibility index (Phi) is 5.72. The third kappa shape index (κ3) is 4.36. The molecule has 2 heterocycles. The van der Waals surface area contributed by atoms with Crippen molar-refractivity contribution in [3.63, 3.8) is 0 Å². The predicted octanol–water partition coefficient (Wildman–Crippen LogP) is 0.464. The monoisotopic (exact) mass is 310 g/mol. The molecule has 2 unspecified atom stereocenters. The number of carboxylic acid groups (broad SMARTS) is 2. The van der Waals surface area contributed by atoms with E-state index in [1.54, 1.807) is 33.9 Å². The summed E-state index contributed by atoms with van der Waals surface area (Å²) >= 11 is 0. The lowest BCUT2D eigenvalue weighted by atomic mass is 10.3. The fourth-order valence-corrected chi connectivity index (χ4v) is 1.45. The average Bonchev–Trinajstić information content (AvgIpc) is 3.06. The standard InChI is InChI=1S/2C6H9N3O2/c1-4-3-9(8-7-4)5(2)6(10)11;1-4-3-7-8-9(4)5(2)6(10)11/h2*3,5H,1-2H3,(H,10,11). The van der Waals surface area contributed by atoms with Crippen LogP contribution < -0.4 is 0 Å². The molecule has 2 aromatic heterocycles. The van der Waals surface area contributed by atoms with Crippen molar-refractivity contribution in [1.29, 1.82) is 0 Å². The first-order chi connectivity index (χ1) is 10.2. The first kappa shape index (κ1) is 17.3. The molecule has 0 aliphatic carbocycles. The summed E-state index contributed by atoms with van der Waals surface area (Å²) in [4.78, 5) is 20.9. The van der Waals surface area contributed by atoms with Crippen LogP contribution in [-0.4, -0.2) is 52.1 Å². The summed E-state index contributed by atoms with van der Waals surface area (Å²) in [5.41, 5.74) is 1.47. The van der Waals surface area contributed by atoms with Gasteiger partial charge < -0.3 is 10.2 Å². The zero-order valence-electron chi connectivity index (χ0n) is 12.7. The van der Waals surface area contributed by atoms with E-state index < -0.39 is 24.0 Å². The van der Waals surface area contributed by atoms with E-state index in [1.165, 1.54) is 15.6 Å². The number of aryl methyl sites for hydroxylation is 2. The van der Waals surface area contributed by atoms with E-state index in [4.69, 9.17) is 10.2 Å². The molecule has 0 aromatic carbocycles. The van der Waals surface area contributed by atoms with Gasteiger partial charge in [-0.05, 0) is 27.7 Å². The van der Waals surface area contributed by atoms with Gasteiger partial charge in [0.05, 0.1) is 17.6 Å². The summed E-state index contributed by atoms with van der Waals surface area (Å²) in [5, 5.41) is 31.6. The van der Waals surface area contributed by atoms with Crippen LogP contribution >= 0.6 is 0 Å². The van der Waals surface area contributed by atoms with Crippen LogP contribution in [0.15, 0.2) is 12.4 Å². The number of hydrogen-bond acceptors (Lipinski definition) is 6. The fourth-order valence-electron chi connectivity index (χ4n) is 1.45. The highest BCUT2D eigenvalue weighted by atomic mass is 16.4. The second-order valence-corrected chi connectivity index (χ2v) is 4.69. The molecular formula is C12H18N6O4. The number of nitrogens with zero attached hydrogens (tertiary/aromatic N) is 6. The van der Waals surface area contributed by atoms with Crippen molar-refractivity contribution >= 4 is 11.9 Å². The van der Waals surface area contributed by atoms with Gasteiger partial charge in [0.1, 0.15) is 12.1 Å². The smallest absolute Gasteiger partial charge is 0.328 e. The Morgan fingerprint density at radius 3 is 2.05 bits per heavy atom. The molecule has 2 N–H and O–H groups in total. The van der Waals surface area contributed by atoms with E-state index in [0.29, 0.717) is 0 Å². The molecule has 2 rings (SSSR count). The lowest BCUT2D eigenvalue weighted by Crippen LogP contribution is -2.17. The third-order valence-corrected chi connectivity index (χ3v) is 2.86. The van der Waals surface area contributed by atoms with Crippen molar-refractivity contribution < 1.29 is 19.8 Å².